The Kier molecular flexibility index (Phi) is 6.56. The number of hydrogen-bond donors (Lipinski definition) is 2. The van der Waals surface area contributed by atoms with Crippen LogP contribution in [0.3, 0.4) is 0 Å². The summed E-state index contributed by atoms with van der Waals surface area (Å²) in [5.41, 5.74) is 0.186. The zero-order valence-electron chi connectivity index (χ0n) is 8.64. The van der Waals surface area contributed by atoms with Crippen LogP contribution in [0.5, 0.6) is 0 Å². The molecule has 0 rings (SSSR count). The fourth-order valence-corrected chi connectivity index (χ4v) is 1.11. The SMILES string of the molecule is CC(C)(CCC#N)CNCCCO. The van der Waals surface area contributed by atoms with Gasteiger partial charge in [0, 0.05) is 19.6 Å². The largest absolute Gasteiger partial charge is 0.396 e. The first-order valence-electron chi connectivity index (χ1n) is 4.81. The number of hydrogen-bond acceptors (Lipinski definition) is 3. The number of aliphatic hydroxyl groups excluding tert-OH is 1. The molecular formula is C10H20N2O. The van der Waals surface area contributed by atoms with Gasteiger partial charge in [-0.15, -0.1) is 0 Å². The molecule has 0 heterocycles. The van der Waals surface area contributed by atoms with Gasteiger partial charge in [-0.05, 0) is 24.8 Å². The molecule has 0 aliphatic heterocycles. The van der Waals surface area contributed by atoms with Gasteiger partial charge in [0.25, 0.3) is 0 Å². The summed E-state index contributed by atoms with van der Waals surface area (Å²) in [7, 11) is 0. The monoisotopic (exact) mass is 184 g/mol. The van der Waals surface area contributed by atoms with E-state index in [1.807, 2.05) is 0 Å². The number of nitrogens with one attached hydrogen (secondary N) is 1. The van der Waals surface area contributed by atoms with Crippen molar-refractivity contribution in [3.05, 3.63) is 0 Å². The molecule has 0 aliphatic carbocycles. The van der Waals surface area contributed by atoms with Crippen LogP contribution in [-0.4, -0.2) is 24.8 Å². The first-order chi connectivity index (χ1) is 6.12. The highest BCUT2D eigenvalue weighted by molar-refractivity contribution is 4.78. The van der Waals surface area contributed by atoms with Crippen molar-refractivity contribution in [2.45, 2.75) is 33.1 Å². The van der Waals surface area contributed by atoms with Crippen LogP contribution in [0.2, 0.25) is 0 Å². The Hall–Kier alpha value is -0.590. The zero-order valence-corrected chi connectivity index (χ0v) is 8.64. The lowest BCUT2D eigenvalue weighted by molar-refractivity contribution is 0.274. The smallest absolute Gasteiger partial charge is 0.0621 e. The number of aliphatic hydroxyl groups is 1. The van der Waals surface area contributed by atoms with E-state index in [0.717, 1.165) is 25.9 Å². The van der Waals surface area contributed by atoms with Crippen LogP contribution in [0.4, 0.5) is 0 Å². The van der Waals surface area contributed by atoms with Crippen LogP contribution in [0.25, 0.3) is 0 Å². The van der Waals surface area contributed by atoms with Crippen molar-refractivity contribution >= 4 is 0 Å². The predicted molar refractivity (Wildman–Crippen MR) is 53.2 cm³/mol. The van der Waals surface area contributed by atoms with Crippen molar-refractivity contribution in [3.8, 4) is 6.07 Å². The summed E-state index contributed by atoms with van der Waals surface area (Å²) >= 11 is 0. The second-order valence-electron chi connectivity index (χ2n) is 4.08. The van der Waals surface area contributed by atoms with E-state index in [1.165, 1.54) is 0 Å². The molecule has 0 aromatic rings. The molecule has 0 aliphatic rings. The average Bonchev–Trinajstić information content (AvgIpc) is 2.09. The molecule has 0 aromatic heterocycles. The van der Waals surface area contributed by atoms with Crippen LogP contribution in [-0.2, 0) is 0 Å². The lowest BCUT2D eigenvalue weighted by atomic mass is 9.88. The first-order valence-corrected chi connectivity index (χ1v) is 4.81. The van der Waals surface area contributed by atoms with Gasteiger partial charge in [-0.25, -0.2) is 0 Å². The Bertz CT molecular complexity index is 161. The molecule has 0 atom stereocenters. The number of nitriles is 1. The molecule has 0 unspecified atom stereocenters. The molecule has 3 nitrogen and oxygen atoms in total. The minimum absolute atomic E-state index is 0.186. The van der Waals surface area contributed by atoms with Crippen molar-refractivity contribution in [2.75, 3.05) is 19.7 Å². The molecule has 0 aromatic carbocycles. The summed E-state index contributed by atoms with van der Waals surface area (Å²) in [6.07, 6.45) is 2.35. The predicted octanol–water partition coefficient (Wildman–Crippen LogP) is 1.29. The summed E-state index contributed by atoms with van der Waals surface area (Å²) in [4.78, 5) is 0. The normalized spacial score (nSPS) is 11.2. The topological polar surface area (TPSA) is 56.0 Å². The molecule has 0 spiro atoms. The standard InChI is InChI=1S/C10H20N2O/c1-10(2,5-3-6-11)9-12-7-4-8-13/h12-13H,3-5,7-9H2,1-2H3. The van der Waals surface area contributed by atoms with Crippen LogP contribution >= 0.6 is 0 Å². The van der Waals surface area contributed by atoms with Gasteiger partial charge in [0.2, 0.25) is 0 Å². The Morgan fingerprint density at radius 2 is 2.15 bits per heavy atom. The Morgan fingerprint density at radius 3 is 2.69 bits per heavy atom. The third-order valence-corrected chi connectivity index (χ3v) is 2.03. The van der Waals surface area contributed by atoms with E-state index >= 15 is 0 Å². The molecule has 0 fully saturated rings. The van der Waals surface area contributed by atoms with E-state index in [1.54, 1.807) is 0 Å². The lowest BCUT2D eigenvalue weighted by Crippen LogP contribution is -2.30. The van der Waals surface area contributed by atoms with Gasteiger partial charge >= 0.3 is 0 Å². The fraction of sp³-hybridized carbons (Fsp3) is 0.900. The van der Waals surface area contributed by atoms with E-state index in [4.69, 9.17) is 10.4 Å². The fourth-order valence-electron chi connectivity index (χ4n) is 1.11. The number of nitrogens with zero attached hydrogens (tertiary/aromatic N) is 1. The maximum atomic E-state index is 8.55. The molecule has 3 heteroatoms. The van der Waals surface area contributed by atoms with Gasteiger partial charge in [-0.2, -0.15) is 5.26 Å². The quantitative estimate of drug-likeness (QED) is 0.586. The molecule has 0 bridgehead atoms. The molecule has 76 valence electrons. The van der Waals surface area contributed by atoms with E-state index in [2.05, 4.69) is 25.2 Å². The zero-order chi connectivity index (χ0) is 10.2. The molecule has 0 saturated heterocycles. The second-order valence-corrected chi connectivity index (χ2v) is 4.08. The van der Waals surface area contributed by atoms with E-state index in [0.29, 0.717) is 6.42 Å². The molecule has 0 radical (unpaired) electrons. The highest BCUT2D eigenvalue weighted by Crippen LogP contribution is 2.20. The Balaban J connectivity index is 3.45. The van der Waals surface area contributed by atoms with Crippen LogP contribution in [0, 0.1) is 16.7 Å². The van der Waals surface area contributed by atoms with Gasteiger partial charge in [-0.3, -0.25) is 0 Å². The molecule has 0 amide bonds. The summed E-state index contributed by atoms with van der Waals surface area (Å²) in [5, 5.41) is 20.3. The van der Waals surface area contributed by atoms with Crippen molar-refractivity contribution in [1.82, 2.24) is 5.32 Å². The lowest BCUT2D eigenvalue weighted by Gasteiger charge is -2.23. The summed E-state index contributed by atoms with van der Waals surface area (Å²) in [6.45, 7) is 6.30. The first kappa shape index (κ1) is 12.4. The van der Waals surface area contributed by atoms with Crippen molar-refractivity contribution in [3.63, 3.8) is 0 Å². The highest BCUT2D eigenvalue weighted by Gasteiger charge is 2.16. The van der Waals surface area contributed by atoms with Gasteiger partial charge in [0.1, 0.15) is 0 Å². The Morgan fingerprint density at radius 1 is 1.46 bits per heavy atom. The van der Waals surface area contributed by atoms with E-state index in [-0.39, 0.29) is 12.0 Å². The minimum atomic E-state index is 0.186. The molecule has 13 heavy (non-hydrogen) atoms. The minimum Gasteiger partial charge on any atom is -0.396 e. The summed E-state index contributed by atoms with van der Waals surface area (Å²) < 4.78 is 0. The van der Waals surface area contributed by atoms with Crippen LogP contribution in [0.1, 0.15) is 33.1 Å². The van der Waals surface area contributed by atoms with Gasteiger partial charge in [0.05, 0.1) is 6.07 Å². The van der Waals surface area contributed by atoms with Gasteiger partial charge < -0.3 is 10.4 Å². The molecular weight excluding hydrogens is 164 g/mol. The second kappa shape index (κ2) is 6.88. The third-order valence-electron chi connectivity index (χ3n) is 2.03. The third kappa shape index (κ3) is 7.76. The van der Waals surface area contributed by atoms with Gasteiger partial charge in [0.15, 0.2) is 0 Å². The van der Waals surface area contributed by atoms with Crippen molar-refractivity contribution in [1.29, 1.82) is 5.26 Å². The summed E-state index contributed by atoms with van der Waals surface area (Å²) in [5.74, 6) is 0. The maximum Gasteiger partial charge on any atom is 0.0621 e. The van der Waals surface area contributed by atoms with Crippen LogP contribution in [0.15, 0.2) is 0 Å². The average molecular weight is 184 g/mol. The van der Waals surface area contributed by atoms with Crippen molar-refractivity contribution < 1.29 is 5.11 Å². The van der Waals surface area contributed by atoms with E-state index < -0.39 is 0 Å². The highest BCUT2D eigenvalue weighted by atomic mass is 16.3. The maximum absolute atomic E-state index is 8.55. The molecule has 2 N–H and O–H groups in total. The number of rotatable bonds is 7. The summed E-state index contributed by atoms with van der Waals surface area (Å²) in [6, 6.07) is 2.16. The molecule has 0 saturated carbocycles. The van der Waals surface area contributed by atoms with Crippen LogP contribution < -0.4 is 5.32 Å². The van der Waals surface area contributed by atoms with Crippen molar-refractivity contribution in [2.24, 2.45) is 5.41 Å². The Labute approximate surface area is 80.8 Å². The van der Waals surface area contributed by atoms with Gasteiger partial charge in [-0.1, -0.05) is 13.8 Å². The van der Waals surface area contributed by atoms with E-state index in [9.17, 15) is 0 Å².